The number of hydrogen-bond donors (Lipinski definition) is 3. The first kappa shape index (κ1) is 17.2. The highest BCUT2D eigenvalue weighted by Gasteiger charge is 2.26. The van der Waals surface area contributed by atoms with E-state index in [1.54, 1.807) is 6.33 Å². The molecular formula is C21H25N7. The molecule has 4 aromatic rings. The van der Waals surface area contributed by atoms with E-state index in [1.807, 2.05) is 18.5 Å². The molecule has 0 aliphatic heterocycles. The van der Waals surface area contributed by atoms with E-state index < -0.39 is 0 Å². The molecule has 1 fully saturated rings. The van der Waals surface area contributed by atoms with Crippen molar-refractivity contribution >= 4 is 10.9 Å². The van der Waals surface area contributed by atoms with Crippen LogP contribution in [0.5, 0.6) is 0 Å². The van der Waals surface area contributed by atoms with Gasteiger partial charge in [-0.1, -0.05) is 18.2 Å². The number of para-hydroxylation sites is 1. The molecule has 0 spiro atoms. The molecule has 0 saturated heterocycles. The van der Waals surface area contributed by atoms with Gasteiger partial charge in [-0.15, -0.1) is 0 Å². The number of H-pyrrole nitrogens is 2. The minimum Gasteiger partial charge on any atom is -0.360 e. The minimum absolute atomic E-state index is 0.325. The van der Waals surface area contributed by atoms with Crippen LogP contribution in [0.25, 0.3) is 22.3 Å². The lowest BCUT2D eigenvalue weighted by Crippen LogP contribution is -2.27. The maximum absolute atomic E-state index is 6.12. The Balaban J connectivity index is 1.50. The zero-order chi connectivity index (χ0) is 18.9. The van der Waals surface area contributed by atoms with E-state index in [1.165, 1.54) is 0 Å². The van der Waals surface area contributed by atoms with Gasteiger partial charge >= 0.3 is 0 Å². The standard InChI is InChI=1S/C21H25N7/c22-15-7-5-14(6-8-15)21-26-20(18-12-24-19-4-2-1-3-17(18)19)27-28(21)10-9-16-11-23-13-25-16/h1-4,11-15,24H,5-10,22H2,(H,23,25). The average molecular weight is 375 g/mol. The topological polar surface area (TPSA) is 101 Å². The van der Waals surface area contributed by atoms with Gasteiger partial charge in [0.2, 0.25) is 0 Å². The summed E-state index contributed by atoms with van der Waals surface area (Å²) in [6, 6.07) is 8.61. The summed E-state index contributed by atoms with van der Waals surface area (Å²) in [4.78, 5) is 15.6. The number of fused-ring (bicyclic) bond motifs is 1. The molecule has 1 saturated carbocycles. The Bertz CT molecular complexity index is 1050. The molecule has 0 atom stereocenters. The van der Waals surface area contributed by atoms with Crippen molar-refractivity contribution in [3.8, 4) is 11.4 Å². The maximum atomic E-state index is 6.12. The van der Waals surface area contributed by atoms with E-state index in [0.29, 0.717) is 12.0 Å². The summed E-state index contributed by atoms with van der Waals surface area (Å²) < 4.78 is 2.10. The van der Waals surface area contributed by atoms with Crippen LogP contribution in [0.1, 0.15) is 43.1 Å². The number of imidazole rings is 1. The SMILES string of the molecule is NC1CCC(c2nc(-c3c[nH]c4ccccc34)nn2CCc2cnc[nH]2)CC1. The van der Waals surface area contributed by atoms with Gasteiger partial charge in [-0.25, -0.2) is 14.6 Å². The predicted octanol–water partition coefficient (Wildman–Crippen LogP) is 3.38. The second-order valence-electron chi connectivity index (χ2n) is 7.70. The van der Waals surface area contributed by atoms with E-state index in [9.17, 15) is 0 Å². The Morgan fingerprint density at radius 3 is 2.79 bits per heavy atom. The summed E-state index contributed by atoms with van der Waals surface area (Å²) in [7, 11) is 0. The van der Waals surface area contributed by atoms with Crippen molar-refractivity contribution in [2.75, 3.05) is 0 Å². The molecule has 144 valence electrons. The number of nitrogens with one attached hydrogen (secondary N) is 2. The lowest BCUT2D eigenvalue weighted by Gasteiger charge is -2.25. The maximum Gasteiger partial charge on any atom is 0.183 e. The molecule has 1 aromatic carbocycles. The van der Waals surface area contributed by atoms with Crippen molar-refractivity contribution < 1.29 is 0 Å². The summed E-state index contributed by atoms with van der Waals surface area (Å²) in [6.07, 6.45) is 10.7. The molecular weight excluding hydrogens is 350 g/mol. The summed E-state index contributed by atoms with van der Waals surface area (Å²) >= 11 is 0. The van der Waals surface area contributed by atoms with Crippen molar-refractivity contribution in [1.82, 2.24) is 29.7 Å². The molecule has 28 heavy (non-hydrogen) atoms. The zero-order valence-corrected chi connectivity index (χ0v) is 15.8. The number of rotatable bonds is 5. The van der Waals surface area contributed by atoms with Gasteiger partial charge in [0.15, 0.2) is 5.82 Å². The second-order valence-corrected chi connectivity index (χ2v) is 7.70. The number of hydrogen-bond acceptors (Lipinski definition) is 4. The molecule has 5 rings (SSSR count). The van der Waals surface area contributed by atoms with Crippen molar-refractivity contribution in [2.24, 2.45) is 5.73 Å². The highest BCUT2D eigenvalue weighted by Crippen LogP contribution is 2.33. The van der Waals surface area contributed by atoms with Crippen LogP contribution in [-0.4, -0.2) is 35.8 Å². The second kappa shape index (κ2) is 7.24. The van der Waals surface area contributed by atoms with Gasteiger partial charge in [0.05, 0.1) is 6.33 Å². The minimum atomic E-state index is 0.325. The zero-order valence-electron chi connectivity index (χ0n) is 15.8. The molecule has 0 unspecified atom stereocenters. The first-order chi connectivity index (χ1) is 13.8. The summed E-state index contributed by atoms with van der Waals surface area (Å²) in [5.41, 5.74) is 9.40. The van der Waals surface area contributed by atoms with Crippen molar-refractivity contribution in [3.63, 3.8) is 0 Å². The lowest BCUT2D eigenvalue weighted by atomic mass is 9.86. The van der Waals surface area contributed by atoms with Gasteiger partial charge in [0, 0.05) is 59.5 Å². The molecule has 7 nitrogen and oxygen atoms in total. The first-order valence-corrected chi connectivity index (χ1v) is 10.0. The van der Waals surface area contributed by atoms with Crippen LogP contribution in [0.4, 0.5) is 0 Å². The van der Waals surface area contributed by atoms with Gasteiger partial charge < -0.3 is 15.7 Å². The lowest BCUT2D eigenvalue weighted by molar-refractivity contribution is 0.371. The third-order valence-electron chi connectivity index (χ3n) is 5.82. The first-order valence-electron chi connectivity index (χ1n) is 10.0. The van der Waals surface area contributed by atoms with Crippen LogP contribution in [0.2, 0.25) is 0 Å². The van der Waals surface area contributed by atoms with Crippen LogP contribution in [0, 0.1) is 0 Å². The van der Waals surface area contributed by atoms with Gasteiger partial charge in [-0.3, -0.25) is 0 Å². The quantitative estimate of drug-likeness (QED) is 0.498. The van der Waals surface area contributed by atoms with E-state index in [0.717, 1.165) is 72.5 Å². The van der Waals surface area contributed by atoms with Gasteiger partial charge in [0.1, 0.15) is 5.82 Å². The summed E-state index contributed by atoms with van der Waals surface area (Å²) in [5, 5.41) is 6.07. The van der Waals surface area contributed by atoms with E-state index in [4.69, 9.17) is 15.8 Å². The van der Waals surface area contributed by atoms with Crippen molar-refractivity contribution in [2.45, 2.75) is 50.6 Å². The Labute approximate surface area is 163 Å². The van der Waals surface area contributed by atoms with E-state index >= 15 is 0 Å². The molecule has 3 heterocycles. The fourth-order valence-electron chi connectivity index (χ4n) is 4.22. The fraction of sp³-hybridized carbons (Fsp3) is 0.381. The number of benzene rings is 1. The third-order valence-corrected chi connectivity index (χ3v) is 5.82. The van der Waals surface area contributed by atoms with Crippen LogP contribution >= 0.6 is 0 Å². The Hall–Kier alpha value is -2.93. The molecule has 1 aliphatic rings. The molecule has 7 heteroatoms. The molecule has 3 aromatic heterocycles. The van der Waals surface area contributed by atoms with Gasteiger partial charge in [0.25, 0.3) is 0 Å². The highest BCUT2D eigenvalue weighted by atomic mass is 15.3. The van der Waals surface area contributed by atoms with Crippen LogP contribution in [0.3, 0.4) is 0 Å². The number of aryl methyl sites for hydroxylation is 2. The Kier molecular flexibility index (Phi) is 4.44. The number of nitrogens with two attached hydrogens (primary N) is 1. The number of nitrogens with zero attached hydrogens (tertiary/aromatic N) is 4. The van der Waals surface area contributed by atoms with Crippen molar-refractivity contribution in [3.05, 3.63) is 54.5 Å². The molecule has 0 amide bonds. The fourth-order valence-corrected chi connectivity index (χ4v) is 4.22. The number of aromatic amines is 2. The third kappa shape index (κ3) is 3.22. The smallest absolute Gasteiger partial charge is 0.183 e. The molecule has 4 N–H and O–H groups in total. The largest absolute Gasteiger partial charge is 0.360 e. The van der Waals surface area contributed by atoms with Crippen LogP contribution < -0.4 is 5.73 Å². The predicted molar refractivity (Wildman–Crippen MR) is 109 cm³/mol. The number of aromatic nitrogens is 6. The van der Waals surface area contributed by atoms with E-state index in [-0.39, 0.29) is 0 Å². The Morgan fingerprint density at radius 2 is 1.96 bits per heavy atom. The van der Waals surface area contributed by atoms with Crippen molar-refractivity contribution in [1.29, 1.82) is 0 Å². The summed E-state index contributed by atoms with van der Waals surface area (Å²) in [5.74, 6) is 2.31. The molecule has 0 bridgehead atoms. The highest BCUT2D eigenvalue weighted by molar-refractivity contribution is 5.93. The van der Waals surface area contributed by atoms with Gasteiger partial charge in [-0.2, -0.15) is 5.10 Å². The van der Waals surface area contributed by atoms with Crippen LogP contribution in [-0.2, 0) is 13.0 Å². The molecule has 1 aliphatic carbocycles. The summed E-state index contributed by atoms with van der Waals surface area (Å²) in [6.45, 7) is 0.787. The van der Waals surface area contributed by atoms with Gasteiger partial charge in [-0.05, 0) is 31.7 Å². The van der Waals surface area contributed by atoms with E-state index in [2.05, 4.69) is 37.8 Å². The monoisotopic (exact) mass is 375 g/mol. The normalized spacial score (nSPS) is 20.0. The van der Waals surface area contributed by atoms with Crippen LogP contribution in [0.15, 0.2) is 43.0 Å². The Morgan fingerprint density at radius 1 is 1.11 bits per heavy atom. The molecule has 0 radical (unpaired) electrons. The average Bonchev–Trinajstić information content (AvgIpc) is 3.46.